The van der Waals surface area contributed by atoms with Gasteiger partial charge in [0, 0.05) is 11.1 Å². The van der Waals surface area contributed by atoms with Crippen molar-refractivity contribution in [2.24, 2.45) is 0 Å². The average molecular weight is 348 g/mol. The summed E-state index contributed by atoms with van der Waals surface area (Å²) in [5, 5.41) is 0.183. The number of nitrogens with zero attached hydrogens (tertiary/aromatic N) is 1. The van der Waals surface area contributed by atoms with Crippen LogP contribution >= 0.6 is 15.9 Å². The summed E-state index contributed by atoms with van der Waals surface area (Å²) in [6.07, 6.45) is -4.57. The van der Waals surface area contributed by atoms with Crippen LogP contribution in [0.25, 0.3) is 11.5 Å². The van der Waals surface area contributed by atoms with E-state index in [1.807, 2.05) is 0 Å². The van der Waals surface area contributed by atoms with Crippen molar-refractivity contribution in [1.29, 1.82) is 0 Å². The smallest absolute Gasteiger partial charge is 0.431 e. The normalized spacial score (nSPS) is 11.7. The van der Waals surface area contributed by atoms with E-state index in [0.717, 1.165) is 0 Å². The van der Waals surface area contributed by atoms with Crippen LogP contribution in [-0.4, -0.2) is 16.1 Å². The van der Waals surface area contributed by atoms with Crippen molar-refractivity contribution < 1.29 is 22.4 Å². The van der Waals surface area contributed by atoms with Gasteiger partial charge in [-0.2, -0.15) is 13.2 Å². The lowest BCUT2D eigenvalue weighted by Gasteiger charge is -2.01. The molecule has 0 saturated heterocycles. The first-order valence-corrected chi connectivity index (χ1v) is 6.69. The van der Waals surface area contributed by atoms with E-state index in [1.54, 1.807) is 0 Å². The van der Waals surface area contributed by atoms with Crippen molar-refractivity contribution in [3.63, 3.8) is 0 Å². The summed E-state index contributed by atoms with van der Waals surface area (Å²) in [6.45, 7) is 1.23. The number of alkyl halides is 4. The van der Waals surface area contributed by atoms with Crippen LogP contribution in [0.3, 0.4) is 0 Å². The lowest BCUT2D eigenvalue weighted by atomic mass is 10.1. The van der Waals surface area contributed by atoms with E-state index in [1.165, 1.54) is 31.2 Å². The maximum atomic E-state index is 12.6. The highest BCUT2D eigenvalue weighted by Gasteiger charge is 2.38. The Kier molecular flexibility index (Phi) is 3.99. The molecule has 1 aromatic heterocycles. The van der Waals surface area contributed by atoms with Crippen molar-refractivity contribution in [2.45, 2.75) is 13.1 Å². The Morgan fingerprint density at radius 3 is 2.35 bits per heavy atom. The predicted octanol–water partition coefficient (Wildman–Crippen LogP) is 4.25. The standard InChI is InChI=1S/C13H9BrF3NO2/c1-7-11(13(15,16)17)20-12(18-7)9-4-2-8(3-5-9)10(19)6-14/h2-5H,6H2,1H3. The first-order chi connectivity index (χ1) is 9.32. The molecule has 0 fully saturated rings. The van der Waals surface area contributed by atoms with Crippen molar-refractivity contribution in [2.75, 3.05) is 5.33 Å². The lowest BCUT2D eigenvalue weighted by Crippen LogP contribution is -2.04. The summed E-state index contributed by atoms with van der Waals surface area (Å²) < 4.78 is 42.6. The fourth-order valence-corrected chi connectivity index (χ4v) is 1.98. The number of hydrogen-bond acceptors (Lipinski definition) is 3. The lowest BCUT2D eigenvalue weighted by molar-refractivity contribution is -0.153. The molecule has 7 heteroatoms. The van der Waals surface area contributed by atoms with Crippen molar-refractivity contribution in [3.8, 4) is 11.5 Å². The molecule has 0 bridgehead atoms. The molecule has 3 nitrogen and oxygen atoms in total. The van der Waals surface area contributed by atoms with Crippen LogP contribution < -0.4 is 0 Å². The van der Waals surface area contributed by atoms with Crippen LogP contribution in [-0.2, 0) is 6.18 Å². The molecule has 0 aliphatic rings. The molecule has 0 unspecified atom stereocenters. The van der Waals surface area contributed by atoms with Gasteiger partial charge in [0.2, 0.25) is 11.7 Å². The second-order valence-corrected chi connectivity index (χ2v) is 4.63. The zero-order valence-corrected chi connectivity index (χ0v) is 11.9. The van der Waals surface area contributed by atoms with E-state index in [0.29, 0.717) is 11.1 Å². The summed E-state index contributed by atoms with van der Waals surface area (Å²) in [6, 6.07) is 6.04. The summed E-state index contributed by atoms with van der Waals surface area (Å²) >= 11 is 3.04. The van der Waals surface area contributed by atoms with Gasteiger partial charge in [0.15, 0.2) is 5.78 Å². The molecule has 2 rings (SSSR count). The number of aromatic nitrogens is 1. The fourth-order valence-electron chi connectivity index (χ4n) is 1.66. The monoisotopic (exact) mass is 347 g/mol. The highest BCUT2D eigenvalue weighted by atomic mass is 79.9. The number of hydrogen-bond donors (Lipinski definition) is 0. The quantitative estimate of drug-likeness (QED) is 0.615. The molecule has 106 valence electrons. The van der Waals surface area contributed by atoms with Crippen molar-refractivity contribution in [1.82, 2.24) is 4.98 Å². The molecule has 0 saturated carbocycles. The third kappa shape index (κ3) is 2.92. The molecule has 0 N–H and O–H groups in total. The molecule has 0 aliphatic heterocycles. The molecule has 2 aromatic rings. The summed E-state index contributed by atoms with van der Waals surface area (Å²) in [5.41, 5.74) is 0.632. The molecule has 20 heavy (non-hydrogen) atoms. The van der Waals surface area contributed by atoms with Crippen molar-refractivity contribution in [3.05, 3.63) is 41.3 Å². The molecule has 1 heterocycles. The van der Waals surface area contributed by atoms with E-state index in [9.17, 15) is 18.0 Å². The van der Waals surface area contributed by atoms with Gasteiger partial charge in [0.25, 0.3) is 0 Å². The van der Waals surface area contributed by atoms with Gasteiger partial charge >= 0.3 is 6.18 Å². The number of rotatable bonds is 3. The maximum absolute atomic E-state index is 12.6. The molecular formula is C13H9BrF3NO2. The zero-order chi connectivity index (χ0) is 14.9. The predicted molar refractivity (Wildman–Crippen MR) is 69.8 cm³/mol. The fraction of sp³-hybridized carbons (Fsp3) is 0.231. The van der Waals surface area contributed by atoms with Crippen LogP contribution in [0.15, 0.2) is 28.7 Å². The van der Waals surface area contributed by atoms with E-state index >= 15 is 0 Å². The molecule has 0 radical (unpaired) electrons. The third-order valence-electron chi connectivity index (χ3n) is 2.63. The van der Waals surface area contributed by atoms with Crippen LogP contribution in [0, 0.1) is 6.92 Å². The SMILES string of the molecule is Cc1nc(-c2ccc(C(=O)CBr)cc2)oc1C(F)(F)F. The average Bonchev–Trinajstić information content (AvgIpc) is 2.80. The topological polar surface area (TPSA) is 43.1 Å². The number of carbonyl (C=O) groups excluding carboxylic acids is 1. The number of Topliss-reactive ketones (excluding diaryl/α,β-unsaturated/α-hetero) is 1. The number of oxazole rings is 1. The Bertz CT molecular complexity index is 632. The summed E-state index contributed by atoms with van der Waals surface area (Å²) in [7, 11) is 0. The second-order valence-electron chi connectivity index (χ2n) is 4.07. The number of benzene rings is 1. The summed E-state index contributed by atoms with van der Waals surface area (Å²) in [5.74, 6) is -1.34. The first kappa shape index (κ1) is 14.8. The minimum atomic E-state index is -4.57. The van der Waals surface area contributed by atoms with Gasteiger partial charge in [0.05, 0.1) is 11.0 Å². The maximum Gasteiger partial charge on any atom is 0.451 e. The Morgan fingerprint density at radius 1 is 1.30 bits per heavy atom. The number of carbonyl (C=O) groups is 1. The molecule has 0 aliphatic carbocycles. The van der Waals surface area contributed by atoms with Crippen LogP contribution in [0.4, 0.5) is 13.2 Å². The molecule has 1 aromatic carbocycles. The minimum absolute atomic E-state index is 0.115. The third-order valence-corrected chi connectivity index (χ3v) is 3.14. The van der Waals surface area contributed by atoms with Crippen molar-refractivity contribution >= 4 is 21.7 Å². The van der Waals surface area contributed by atoms with Crippen LogP contribution in [0.2, 0.25) is 0 Å². The number of halogens is 4. The van der Waals surface area contributed by atoms with E-state index < -0.39 is 11.9 Å². The van der Waals surface area contributed by atoms with Gasteiger partial charge in [-0.3, -0.25) is 4.79 Å². The largest absolute Gasteiger partial charge is 0.451 e. The Morgan fingerprint density at radius 2 is 1.90 bits per heavy atom. The van der Waals surface area contributed by atoms with Crippen LogP contribution in [0.1, 0.15) is 21.8 Å². The number of aryl methyl sites for hydroxylation is 1. The van der Waals surface area contributed by atoms with Gasteiger partial charge in [-0.15, -0.1) is 0 Å². The van der Waals surface area contributed by atoms with Crippen LogP contribution in [0.5, 0.6) is 0 Å². The van der Waals surface area contributed by atoms with Gasteiger partial charge in [-0.05, 0) is 19.1 Å². The van der Waals surface area contributed by atoms with E-state index in [2.05, 4.69) is 20.9 Å². The first-order valence-electron chi connectivity index (χ1n) is 5.57. The molecular weight excluding hydrogens is 339 g/mol. The van der Waals surface area contributed by atoms with Gasteiger partial charge < -0.3 is 4.42 Å². The van der Waals surface area contributed by atoms with Gasteiger partial charge in [-0.25, -0.2) is 4.98 Å². The molecule has 0 spiro atoms. The van der Waals surface area contributed by atoms with Gasteiger partial charge in [-0.1, -0.05) is 28.1 Å². The Labute approximate surface area is 120 Å². The molecule has 0 amide bonds. The van der Waals surface area contributed by atoms with Gasteiger partial charge in [0.1, 0.15) is 0 Å². The Balaban J connectivity index is 2.35. The highest BCUT2D eigenvalue weighted by Crippen LogP contribution is 2.34. The van der Waals surface area contributed by atoms with E-state index in [4.69, 9.17) is 4.42 Å². The van der Waals surface area contributed by atoms with E-state index in [-0.39, 0.29) is 22.7 Å². The highest BCUT2D eigenvalue weighted by molar-refractivity contribution is 9.09. The second kappa shape index (κ2) is 5.40. The number of ketones is 1. The summed E-state index contributed by atoms with van der Waals surface area (Å²) in [4.78, 5) is 15.2. The minimum Gasteiger partial charge on any atom is -0.431 e. The zero-order valence-electron chi connectivity index (χ0n) is 10.3. The Hall–Kier alpha value is -1.63. The molecule has 0 atom stereocenters.